The molecule has 1 aliphatic heterocycles. The summed E-state index contributed by atoms with van der Waals surface area (Å²) >= 11 is 1.66. The Morgan fingerprint density at radius 2 is 2.38 bits per heavy atom. The SMILES string of the molecule is CC(NC1CCC(=O)NC1=O)c1cccs1. The molecule has 0 saturated carbocycles. The van der Waals surface area contributed by atoms with Crippen LogP contribution in [0.25, 0.3) is 0 Å². The fourth-order valence-electron chi connectivity index (χ4n) is 1.77. The zero-order valence-corrected chi connectivity index (χ0v) is 9.84. The molecular weight excluding hydrogens is 224 g/mol. The maximum atomic E-state index is 11.5. The van der Waals surface area contributed by atoms with Crippen LogP contribution in [0.1, 0.15) is 30.7 Å². The molecule has 86 valence electrons. The second-order valence-electron chi connectivity index (χ2n) is 3.91. The molecule has 2 atom stereocenters. The molecule has 2 unspecified atom stereocenters. The molecule has 1 aromatic rings. The Morgan fingerprint density at radius 3 is 3.00 bits per heavy atom. The predicted octanol–water partition coefficient (Wildman–Crippen LogP) is 1.20. The van der Waals surface area contributed by atoms with E-state index in [2.05, 4.69) is 10.6 Å². The number of piperidine rings is 1. The van der Waals surface area contributed by atoms with Crippen molar-refractivity contribution in [3.8, 4) is 0 Å². The zero-order valence-electron chi connectivity index (χ0n) is 9.03. The largest absolute Gasteiger partial charge is 0.298 e. The van der Waals surface area contributed by atoms with Crippen molar-refractivity contribution in [1.29, 1.82) is 0 Å². The third-order valence-corrected chi connectivity index (χ3v) is 3.72. The highest BCUT2D eigenvalue weighted by Crippen LogP contribution is 2.19. The third kappa shape index (κ3) is 2.48. The Labute approximate surface area is 98.0 Å². The van der Waals surface area contributed by atoms with Gasteiger partial charge in [0, 0.05) is 17.3 Å². The van der Waals surface area contributed by atoms with Gasteiger partial charge < -0.3 is 0 Å². The molecule has 2 N–H and O–H groups in total. The average molecular weight is 238 g/mol. The minimum Gasteiger partial charge on any atom is -0.298 e. The van der Waals surface area contributed by atoms with Crippen LogP contribution in [-0.2, 0) is 9.59 Å². The monoisotopic (exact) mass is 238 g/mol. The van der Waals surface area contributed by atoms with Crippen molar-refractivity contribution in [3.63, 3.8) is 0 Å². The highest BCUT2D eigenvalue weighted by atomic mass is 32.1. The molecule has 0 radical (unpaired) electrons. The third-order valence-electron chi connectivity index (χ3n) is 2.66. The minimum absolute atomic E-state index is 0.143. The van der Waals surface area contributed by atoms with Crippen LogP contribution in [0.3, 0.4) is 0 Å². The van der Waals surface area contributed by atoms with E-state index in [0.29, 0.717) is 12.8 Å². The lowest BCUT2D eigenvalue weighted by atomic mass is 10.1. The van der Waals surface area contributed by atoms with Crippen LogP contribution < -0.4 is 10.6 Å². The van der Waals surface area contributed by atoms with Gasteiger partial charge in [-0.05, 0) is 24.8 Å². The standard InChI is InChI=1S/C11H14N2O2S/c1-7(9-3-2-6-16-9)12-8-4-5-10(14)13-11(8)15/h2-3,6-8,12H,4-5H2,1H3,(H,13,14,15). The summed E-state index contributed by atoms with van der Waals surface area (Å²) in [5, 5.41) is 7.59. The van der Waals surface area contributed by atoms with E-state index in [-0.39, 0.29) is 23.9 Å². The van der Waals surface area contributed by atoms with Crippen LogP contribution in [0, 0.1) is 0 Å². The van der Waals surface area contributed by atoms with Gasteiger partial charge in [0.1, 0.15) is 0 Å². The van der Waals surface area contributed by atoms with Crippen LogP contribution in [-0.4, -0.2) is 17.9 Å². The summed E-state index contributed by atoms with van der Waals surface area (Å²) in [7, 11) is 0. The molecule has 2 amide bonds. The first-order valence-electron chi connectivity index (χ1n) is 5.30. The number of nitrogens with one attached hydrogen (secondary N) is 2. The minimum atomic E-state index is -0.255. The van der Waals surface area contributed by atoms with Gasteiger partial charge in [-0.15, -0.1) is 11.3 Å². The van der Waals surface area contributed by atoms with Gasteiger partial charge in [0.05, 0.1) is 6.04 Å². The van der Waals surface area contributed by atoms with Crippen molar-refractivity contribution < 1.29 is 9.59 Å². The second kappa shape index (κ2) is 4.76. The molecule has 0 spiro atoms. The van der Waals surface area contributed by atoms with Gasteiger partial charge >= 0.3 is 0 Å². The van der Waals surface area contributed by atoms with Crippen LogP contribution in [0.2, 0.25) is 0 Å². The maximum absolute atomic E-state index is 11.5. The van der Waals surface area contributed by atoms with E-state index in [4.69, 9.17) is 0 Å². The molecule has 2 heterocycles. The summed E-state index contributed by atoms with van der Waals surface area (Å²) in [6.45, 7) is 2.02. The van der Waals surface area contributed by atoms with E-state index >= 15 is 0 Å². The quantitative estimate of drug-likeness (QED) is 0.778. The Morgan fingerprint density at radius 1 is 1.56 bits per heavy atom. The molecule has 2 rings (SSSR count). The van der Waals surface area contributed by atoms with Crippen LogP contribution in [0.15, 0.2) is 17.5 Å². The highest BCUT2D eigenvalue weighted by Gasteiger charge is 2.27. The number of rotatable bonds is 3. The molecule has 4 nitrogen and oxygen atoms in total. The normalized spacial score (nSPS) is 22.9. The molecule has 0 aliphatic carbocycles. The van der Waals surface area contributed by atoms with Gasteiger partial charge in [0.2, 0.25) is 11.8 Å². The first kappa shape index (κ1) is 11.3. The molecule has 1 saturated heterocycles. The van der Waals surface area contributed by atoms with Crippen molar-refractivity contribution in [2.45, 2.75) is 31.8 Å². The fraction of sp³-hybridized carbons (Fsp3) is 0.455. The number of amides is 2. The van der Waals surface area contributed by atoms with E-state index in [1.807, 2.05) is 24.4 Å². The molecule has 0 bridgehead atoms. The molecule has 5 heteroatoms. The Balaban J connectivity index is 1.95. The number of hydrogen-bond donors (Lipinski definition) is 2. The summed E-state index contributed by atoms with van der Waals surface area (Å²) < 4.78 is 0. The molecule has 1 fully saturated rings. The van der Waals surface area contributed by atoms with Crippen molar-refractivity contribution in [2.24, 2.45) is 0 Å². The van der Waals surface area contributed by atoms with Gasteiger partial charge in [0.25, 0.3) is 0 Å². The Bertz CT molecular complexity index is 389. The zero-order chi connectivity index (χ0) is 11.5. The van der Waals surface area contributed by atoms with Gasteiger partial charge in [-0.2, -0.15) is 0 Å². The molecular formula is C11H14N2O2S. The molecule has 16 heavy (non-hydrogen) atoms. The predicted molar refractivity (Wildman–Crippen MR) is 62.0 cm³/mol. The number of carbonyl (C=O) groups excluding carboxylic acids is 2. The highest BCUT2D eigenvalue weighted by molar-refractivity contribution is 7.10. The summed E-state index contributed by atoms with van der Waals surface area (Å²) in [6, 6.07) is 3.91. The lowest BCUT2D eigenvalue weighted by molar-refractivity contribution is -0.134. The number of thiophene rings is 1. The summed E-state index contributed by atoms with van der Waals surface area (Å²) in [6.07, 6.45) is 1.00. The van der Waals surface area contributed by atoms with Crippen molar-refractivity contribution in [1.82, 2.24) is 10.6 Å². The maximum Gasteiger partial charge on any atom is 0.243 e. The van der Waals surface area contributed by atoms with Gasteiger partial charge in [-0.25, -0.2) is 0 Å². The lowest BCUT2D eigenvalue weighted by Gasteiger charge is -2.24. The van der Waals surface area contributed by atoms with Crippen LogP contribution in [0.5, 0.6) is 0 Å². The molecule has 0 aromatic carbocycles. The van der Waals surface area contributed by atoms with E-state index in [0.717, 1.165) is 0 Å². The smallest absolute Gasteiger partial charge is 0.243 e. The van der Waals surface area contributed by atoms with Crippen molar-refractivity contribution in [2.75, 3.05) is 0 Å². The number of hydrogen-bond acceptors (Lipinski definition) is 4. The topological polar surface area (TPSA) is 58.2 Å². The van der Waals surface area contributed by atoms with Gasteiger partial charge in [-0.1, -0.05) is 6.07 Å². The summed E-state index contributed by atoms with van der Waals surface area (Å²) in [4.78, 5) is 23.7. The summed E-state index contributed by atoms with van der Waals surface area (Å²) in [5.41, 5.74) is 0. The van der Waals surface area contributed by atoms with Crippen molar-refractivity contribution in [3.05, 3.63) is 22.4 Å². The van der Waals surface area contributed by atoms with Crippen LogP contribution >= 0.6 is 11.3 Å². The summed E-state index contributed by atoms with van der Waals surface area (Å²) in [5.74, 6) is -0.383. The van der Waals surface area contributed by atoms with E-state index in [1.165, 1.54) is 4.88 Å². The van der Waals surface area contributed by atoms with Crippen LogP contribution in [0.4, 0.5) is 0 Å². The first-order chi connectivity index (χ1) is 7.66. The second-order valence-corrected chi connectivity index (χ2v) is 4.89. The van der Waals surface area contributed by atoms with Gasteiger partial charge in [0.15, 0.2) is 0 Å². The van der Waals surface area contributed by atoms with E-state index < -0.39 is 0 Å². The average Bonchev–Trinajstić information content (AvgIpc) is 2.75. The Hall–Kier alpha value is -1.20. The first-order valence-corrected chi connectivity index (χ1v) is 6.18. The molecule has 1 aliphatic rings. The lowest BCUT2D eigenvalue weighted by Crippen LogP contribution is -2.51. The number of imide groups is 1. The molecule has 1 aromatic heterocycles. The van der Waals surface area contributed by atoms with Crippen molar-refractivity contribution >= 4 is 23.2 Å². The Kier molecular flexibility index (Phi) is 3.36. The van der Waals surface area contributed by atoms with E-state index in [1.54, 1.807) is 11.3 Å². The fourth-order valence-corrected chi connectivity index (χ4v) is 2.52. The number of carbonyl (C=O) groups is 2. The van der Waals surface area contributed by atoms with Gasteiger partial charge in [-0.3, -0.25) is 20.2 Å². The van der Waals surface area contributed by atoms with E-state index in [9.17, 15) is 9.59 Å².